The molecule has 426 valence electrons. The number of urea groups is 1. The number of methoxy groups -OCH3 is 3. The number of morpholine rings is 1. The maximum Gasteiger partial charge on any atom is 0.329 e. The van der Waals surface area contributed by atoms with Gasteiger partial charge in [-0.3, -0.25) is 33.8 Å². The summed E-state index contributed by atoms with van der Waals surface area (Å²) in [4.78, 5) is 110. The first-order valence-electron chi connectivity index (χ1n) is 27.1. The number of nitrogens with one attached hydrogen (secondary N) is 1. The van der Waals surface area contributed by atoms with Crippen molar-refractivity contribution < 1.29 is 71.8 Å². The molecular formula is C62H63N5O15. The van der Waals surface area contributed by atoms with Crippen molar-refractivity contribution in [1.82, 2.24) is 20.0 Å². The van der Waals surface area contributed by atoms with E-state index in [0.29, 0.717) is 53.6 Å². The highest BCUT2D eigenvalue weighted by molar-refractivity contribution is 6.25. The van der Waals surface area contributed by atoms with E-state index in [9.17, 15) is 19.5 Å². The van der Waals surface area contributed by atoms with Crippen LogP contribution in [0.1, 0.15) is 71.8 Å². The zero-order valence-electron chi connectivity index (χ0n) is 46.0. The highest BCUT2D eigenvalue weighted by atomic mass is 16.7. The van der Waals surface area contributed by atoms with Crippen molar-refractivity contribution in [1.29, 1.82) is 0 Å². The van der Waals surface area contributed by atoms with Crippen molar-refractivity contribution in [3.63, 3.8) is 0 Å². The quantitative estimate of drug-likeness (QED) is 0.0578. The highest BCUT2D eigenvalue weighted by Crippen LogP contribution is 2.66. The molecule has 2 N–H and O–H groups in total. The lowest BCUT2D eigenvalue weighted by atomic mass is 9.64. The number of hydrogen-bond donors (Lipinski definition) is 2. The highest BCUT2D eigenvalue weighted by Gasteiger charge is 2.76. The molecule has 82 heavy (non-hydrogen) atoms. The Labute approximate surface area is 474 Å². The smallest absolute Gasteiger partial charge is 0.329 e. The second-order valence-corrected chi connectivity index (χ2v) is 20.9. The number of amides is 4. The Bertz CT molecular complexity index is 3290. The van der Waals surface area contributed by atoms with Crippen LogP contribution in [0.5, 0.6) is 17.2 Å². The van der Waals surface area contributed by atoms with Gasteiger partial charge in [-0.25, -0.2) is 14.5 Å². The summed E-state index contributed by atoms with van der Waals surface area (Å²) in [5.41, 5.74) is 0.953. The van der Waals surface area contributed by atoms with Crippen LogP contribution in [-0.2, 0) is 59.7 Å². The molecule has 0 aromatic heterocycles. The van der Waals surface area contributed by atoms with Crippen LogP contribution in [0.3, 0.4) is 0 Å². The summed E-state index contributed by atoms with van der Waals surface area (Å²) in [7, 11) is 3.47. The lowest BCUT2D eigenvalue weighted by Crippen LogP contribution is -2.59. The van der Waals surface area contributed by atoms with E-state index in [0.717, 1.165) is 24.7 Å². The molecular weight excluding hydrogens is 1050 g/mol. The summed E-state index contributed by atoms with van der Waals surface area (Å²) in [5.74, 6) is -0.651. The van der Waals surface area contributed by atoms with Crippen LogP contribution in [0.4, 0.5) is 10.5 Å². The summed E-state index contributed by atoms with van der Waals surface area (Å²) in [5, 5.41) is 12.5. The van der Waals surface area contributed by atoms with Crippen molar-refractivity contribution in [2.75, 3.05) is 72.4 Å². The summed E-state index contributed by atoms with van der Waals surface area (Å²) < 4.78 is 38.6. The van der Waals surface area contributed by atoms with Crippen molar-refractivity contribution in [3.05, 3.63) is 155 Å². The Morgan fingerprint density at radius 3 is 2.05 bits per heavy atom. The normalized spacial score (nSPS) is 22.2. The number of anilines is 1. The van der Waals surface area contributed by atoms with E-state index in [-0.39, 0.29) is 56.3 Å². The van der Waals surface area contributed by atoms with Crippen LogP contribution in [0, 0.1) is 29.6 Å². The van der Waals surface area contributed by atoms with Crippen LogP contribution in [0.25, 0.3) is 0 Å². The zero-order valence-corrected chi connectivity index (χ0v) is 46.0. The summed E-state index contributed by atoms with van der Waals surface area (Å²) in [6.45, 7) is 4.95. The number of ether oxygens (including phenoxy) is 7. The van der Waals surface area contributed by atoms with Gasteiger partial charge >= 0.3 is 29.9 Å². The van der Waals surface area contributed by atoms with Crippen molar-refractivity contribution in [3.8, 4) is 29.1 Å². The summed E-state index contributed by atoms with van der Waals surface area (Å²) in [6, 6.07) is 29.9. The van der Waals surface area contributed by atoms with Gasteiger partial charge in [0.25, 0.3) is 0 Å². The Kier molecular flexibility index (Phi) is 16.6. The first-order chi connectivity index (χ1) is 39.7. The van der Waals surface area contributed by atoms with Gasteiger partial charge in [0.1, 0.15) is 36.0 Å². The fraction of sp³-hybridized carbons (Fsp3) is 0.371. The summed E-state index contributed by atoms with van der Waals surface area (Å²) in [6.07, 6.45) is -1.33. The largest absolute Gasteiger partial charge is 0.491 e. The van der Waals surface area contributed by atoms with Crippen molar-refractivity contribution >= 4 is 47.4 Å². The van der Waals surface area contributed by atoms with Crippen LogP contribution in [0.2, 0.25) is 0 Å². The maximum atomic E-state index is 17.0. The predicted molar refractivity (Wildman–Crippen MR) is 294 cm³/mol. The monoisotopic (exact) mass is 1120 g/mol. The first kappa shape index (κ1) is 56.5. The van der Waals surface area contributed by atoms with Gasteiger partial charge in [0.05, 0.1) is 51.6 Å². The second kappa shape index (κ2) is 24.1. The van der Waals surface area contributed by atoms with E-state index in [4.69, 9.17) is 33.2 Å². The molecule has 5 aromatic carbocycles. The number of piperazine rings is 1. The summed E-state index contributed by atoms with van der Waals surface area (Å²) >= 11 is 0. The average Bonchev–Trinajstić information content (AvgIpc) is 1.70. The van der Waals surface area contributed by atoms with Gasteiger partial charge in [0.2, 0.25) is 18.6 Å². The minimum Gasteiger partial charge on any atom is -0.491 e. The molecule has 5 heterocycles. The molecule has 0 radical (unpaired) electrons. The standard InChI is InChI=1S/C62H63N5O15/c1-37(2)50(58(72)78-5)63-61(75)66-46-25-19-38(13-12-18-44(56(70)76-3)57(71)77-4)33-45(46)62(60(66)74)49(55(69)65-29-27-64(28-30-65)35-39-20-26-47-48(34-39)81-36-80-47)52-59(73)82-53(41-16-10-7-11-17-41)51(40-14-8-6-9-15-40)67(52)54(62)42-21-23-43(24-22-42)79-32-31-68/h6-11,14-17,19-26,33-34,37,44,49-54,68H,18,27-32,35-36H2,1-5H3,(H,63,75). The number of aliphatic hydroxyl groups is 1. The molecule has 3 fully saturated rings. The minimum atomic E-state index is -2.21. The van der Waals surface area contributed by atoms with Gasteiger partial charge < -0.3 is 48.5 Å². The lowest BCUT2D eigenvalue weighted by Gasteiger charge is -2.46. The van der Waals surface area contributed by atoms with Gasteiger partial charge in [-0.15, -0.1) is 0 Å². The van der Waals surface area contributed by atoms with E-state index in [1.165, 1.54) is 13.2 Å². The van der Waals surface area contributed by atoms with Crippen LogP contribution < -0.4 is 24.4 Å². The van der Waals surface area contributed by atoms with E-state index < -0.39 is 95.2 Å². The number of nitrogens with zero attached hydrogens (tertiary/aromatic N) is 4. The fourth-order valence-corrected chi connectivity index (χ4v) is 12.1. The molecule has 1 spiro atoms. The Morgan fingerprint density at radius 2 is 1.40 bits per heavy atom. The number of fused-ring (bicyclic) bond motifs is 4. The molecule has 5 aliphatic rings. The molecule has 0 saturated carbocycles. The number of imide groups is 1. The molecule has 3 saturated heterocycles. The fourth-order valence-electron chi connectivity index (χ4n) is 12.1. The van der Waals surface area contributed by atoms with Gasteiger partial charge in [-0.05, 0) is 76.2 Å². The van der Waals surface area contributed by atoms with Crippen molar-refractivity contribution in [2.24, 2.45) is 17.8 Å². The SMILES string of the molecule is COC(=O)C(CC#Cc1ccc2c(c1)C1(C(=O)N2C(=O)NC(C(=O)OC)C(C)C)C(C(=O)N2CCN(Cc3ccc4c(c3)OCO4)CC2)C2C(=O)OC(c3ccccc3)C(c3ccccc3)N2C1c1ccc(OCCO)cc1)C(=O)OC. The molecule has 4 amide bonds. The number of benzene rings is 5. The third-order valence-corrected chi connectivity index (χ3v) is 15.9. The number of hydrogen-bond acceptors (Lipinski definition) is 17. The molecule has 7 atom stereocenters. The van der Waals surface area contributed by atoms with Gasteiger partial charge in [0.15, 0.2) is 17.4 Å². The predicted octanol–water partition coefficient (Wildman–Crippen LogP) is 5.41. The molecule has 5 aromatic rings. The van der Waals surface area contributed by atoms with Crippen LogP contribution in [-0.4, -0.2) is 141 Å². The average molecular weight is 1120 g/mol. The van der Waals surface area contributed by atoms with Gasteiger partial charge in [0, 0.05) is 44.7 Å². The number of esters is 4. The maximum absolute atomic E-state index is 17.0. The molecule has 0 bridgehead atoms. The Hall–Kier alpha value is -8.77. The Balaban J connectivity index is 1.20. The molecule has 20 nitrogen and oxygen atoms in total. The molecule has 10 rings (SSSR count). The lowest BCUT2D eigenvalue weighted by molar-refractivity contribution is -0.179. The van der Waals surface area contributed by atoms with E-state index in [1.807, 2.05) is 83.8 Å². The van der Waals surface area contributed by atoms with E-state index in [1.54, 1.807) is 55.1 Å². The first-order valence-corrected chi connectivity index (χ1v) is 27.1. The molecule has 5 aliphatic heterocycles. The van der Waals surface area contributed by atoms with E-state index >= 15 is 19.2 Å². The Morgan fingerprint density at radius 1 is 0.744 bits per heavy atom. The number of carbonyl (C=O) groups excluding carboxylic acids is 7. The number of cyclic esters (lactones) is 1. The zero-order chi connectivity index (χ0) is 57.8. The number of aliphatic hydroxyl groups excluding tert-OH is 1. The van der Waals surface area contributed by atoms with Crippen molar-refractivity contribution in [2.45, 2.75) is 62.5 Å². The topological polar surface area (TPSA) is 229 Å². The van der Waals surface area contributed by atoms with Crippen LogP contribution >= 0.6 is 0 Å². The second-order valence-electron chi connectivity index (χ2n) is 20.9. The van der Waals surface area contributed by atoms with Gasteiger partial charge in [-0.2, -0.15) is 0 Å². The van der Waals surface area contributed by atoms with E-state index in [2.05, 4.69) is 22.1 Å². The third kappa shape index (κ3) is 10.5. The number of carbonyl (C=O) groups is 7. The van der Waals surface area contributed by atoms with Gasteiger partial charge in [-0.1, -0.05) is 105 Å². The molecule has 7 unspecified atom stereocenters. The third-order valence-electron chi connectivity index (χ3n) is 15.9. The number of rotatable bonds is 15. The van der Waals surface area contributed by atoms with Crippen LogP contribution in [0.15, 0.2) is 121 Å². The molecule has 20 heteroatoms. The minimum absolute atomic E-state index is 0.0230. The molecule has 0 aliphatic carbocycles.